The van der Waals surface area contributed by atoms with Crippen molar-refractivity contribution in [2.45, 2.75) is 20.0 Å². The smallest absolute Gasteiger partial charge is 0.319 e. The highest BCUT2D eigenvalue weighted by Crippen LogP contribution is 1.85. The van der Waals surface area contributed by atoms with Crippen molar-refractivity contribution in [3.63, 3.8) is 0 Å². The summed E-state index contributed by atoms with van der Waals surface area (Å²) in [4.78, 5) is 10.3. The van der Waals surface area contributed by atoms with E-state index in [0.717, 1.165) is 0 Å². The minimum atomic E-state index is -0.347. The Balaban J connectivity index is 3.25. The van der Waals surface area contributed by atoms with Crippen LogP contribution < -0.4 is 5.73 Å². The lowest BCUT2D eigenvalue weighted by Gasteiger charge is -2.04. The van der Waals surface area contributed by atoms with E-state index in [-0.39, 0.29) is 18.6 Å². The standard InChI is InChI=1S/C5H11NO2/c1-4(2)8-5(7)3-6/h4H,3,6H2,1-2H3. The Labute approximate surface area is 48.8 Å². The maximum atomic E-state index is 10.3. The summed E-state index contributed by atoms with van der Waals surface area (Å²) in [6, 6.07) is 0. The van der Waals surface area contributed by atoms with E-state index in [2.05, 4.69) is 4.74 Å². The van der Waals surface area contributed by atoms with Crippen molar-refractivity contribution in [2.75, 3.05) is 6.54 Å². The number of rotatable bonds is 2. The zero-order valence-electron chi connectivity index (χ0n) is 5.18. The van der Waals surface area contributed by atoms with E-state index in [1.54, 1.807) is 13.8 Å². The van der Waals surface area contributed by atoms with E-state index in [1.807, 2.05) is 0 Å². The minimum absolute atomic E-state index is 0.0296. The largest absolute Gasteiger partial charge is 0.462 e. The van der Waals surface area contributed by atoms with Crippen molar-refractivity contribution in [3.8, 4) is 0 Å². The predicted octanol–water partition coefficient (Wildman–Crippen LogP) is -0.103. The van der Waals surface area contributed by atoms with Crippen LogP contribution in [0.1, 0.15) is 13.8 Å². The molecular formula is C5H11NO2. The normalized spacial score (nSPS) is 9.50. The van der Waals surface area contributed by atoms with E-state index in [1.165, 1.54) is 0 Å². The molecular weight excluding hydrogens is 106 g/mol. The zero-order valence-corrected chi connectivity index (χ0v) is 5.18. The fourth-order valence-corrected chi connectivity index (χ4v) is 0.311. The molecule has 0 aliphatic heterocycles. The van der Waals surface area contributed by atoms with E-state index in [0.29, 0.717) is 0 Å². The van der Waals surface area contributed by atoms with Gasteiger partial charge in [0.25, 0.3) is 0 Å². The van der Waals surface area contributed by atoms with Crippen molar-refractivity contribution in [3.05, 3.63) is 0 Å². The summed E-state index contributed by atoms with van der Waals surface area (Å²) in [5.41, 5.74) is 4.95. The van der Waals surface area contributed by atoms with Crippen LogP contribution in [0.2, 0.25) is 0 Å². The molecule has 0 spiro atoms. The summed E-state index contributed by atoms with van der Waals surface area (Å²) < 4.78 is 4.64. The highest BCUT2D eigenvalue weighted by atomic mass is 16.5. The molecule has 0 amide bonds. The number of nitrogens with two attached hydrogens (primary N) is 1. The number of hydrogen-bond donors (Lipinski definition) is 1. The highest BCUT2D eigenvalue weighted by molar-refractivity contribution is 5.71. The third-order valence-corrected chi connectivity index (χ3v) is 0.534. The lowest BCUT2D eigenvalue weighted by Crippen LogP contribution is -2.20. The van der Waals surface area contributed by atoms with Crippen molar-refractivity contribution >= 4 is 5.97 Å². The van der Waals surface area contributed by atoms with Crippen molar-refractivity contribution in [2.24, 2.45) is 5.73 Å². The van der Waals surface area contributed by atoms with Gasteiger partial charge in [0.1, 0.15) is 0 Å². The molecule has 0 atom stereocenters. The minimum Gasteiger partial charge on any atom is -0.462 e. The molecule has 0 bridgehead atoms. The average Bonchev–Trinajstić information content (AvgIpc) is 1.65. The lowest BCUT2D eigenvalue weighted by molar-refractivity contribution is -0.145. The third-order valence-electron chi connectivity index (χ3n) is 0.534. The van der Waals surface area contributed by atoms with Gasteiger partial charge in [0.15, 0.2) is 0 Å². The van der Waals surface area contributed by atoms with Gasteiger partial charge >= 0.3 is 5.97 Å². The Kier molecular flexibility index (Phi) is 3.19. The van der Waals surface area contributed by atoms with E-state index in [4.69, 9.17) is 5.73 Å². The Hall–Kier alpha value is -0.570. The molecule has 0 saturated heterocycles. The SMILES string of the molecule is CC(C)OC(=O)CN. The highest BCUT2D eigenvalue weighted by Gasteiger charge is 1.99. The number of ether oxygens (including phenoxy) is 1. The van der Waals surface area contributed by atoms with Crippen LogP contribution >= 0.6 is 0 Å². The summed E-state index contributed by atoms with van der Waals surface area (Å²) in [5, 5.41) is 0. The Morgan fingerprint density at radius 1 is 1.75 bits per heavy atom. The van der Waals surface area contributed by atoms with Gasteiger partial charge in [-0.25, -0.2) is 0 Å². The quantitative estimate of drug-likeness (QED) is 0.514. The molecule has 0 aromatic heterocycles. The molecule has 48 valence electrons. The van der Waals surface area contributed by atoms with E-state index >= 15 is 0 Å². The molecule has 0 fully saturated rings. The number of esters is 1. The fourth-order valence-electron chi connectivity index (χ4n) is 0.311. The fraction of sp³-hybridized carbons (Fsp3) is 0.800. The summed E-state index contributed by atoms with van der Waals surface area (Å²) in [6.45, 7) is 3.54. The molecule has 8 heavy (non-hydrogen) atoms. The van der Waals surface area contributed by atoms with Crippen LogP contribution in [0.3, 0.4) is 0 Å². The second-order valence-electron chi connectivity index (χ2n) is 1.74. The van der Waals surface area contributed by atoms with Gasteiger partial charge in [-0.2, -0.15) is 0 Å². The van der Waals surface area contributed by atoms with Gasteiger partial charge in [0, 0.05) is 0 Å². The Bertz CT molecular complexity index is 80.5. The molecule has 3 heteroatoms. The number of hydrogen-bond acceptors (Lipinski definition) is 3. The predicted molar refractivity (Wildman–Crippen MR) is 30.3 cm³/mol. The monoisotopic (exact) mass is 117 g/mol. The summed E-state index contributed by atoms with van der Waals surface area (Å²) in [6.07, 6.45) is -0.0500. The molecule has 3 nitrogen and oxygen atoms in total. The first kappa shape index (κ1) is 7.43. The number of carbonyl (C=O) groups excluding carboxylic acids is 1. The van der Waals surface area contributed by atoms with Crippen LogP contribution in [0, 0.1) is 0 Å². The van der Waals surface area contributed by atoms with Gasteiger partial charge in [0.2, 0.25) is 0 Å². The van der Waals surface area contributed by atoms with Crippen LogP contribution in [-0.4, -0.2) is 18.6 Å². The molecule has 0 radical (unpaired) electrons. The van der Waals surface area contributed by atoms with Crippen LogP contribution in [0.5, 0.6) is 0 Å². The van der Waals surface area contributed by atoms with Crippen molar-refractivity contribution < 1.29 is 9.53 Å². The molecule has 0 unspecified atom stereocenters. The summed E-state index contributed by atoms with van der Waals surface area (Å²) >= 11 is 0. The molecule has 0 heterocycles. The first-order chi connectivity index (χ1) is 3.66. The Morgan fingerprint density at radius 3 is 2.38 bits per heavy atom. The molecule has 0 saturated carbocycles. The average molecular weight is 117 g/mol. The van der Waals surface area contributed by atoms with Crippen LogP contribution in [-0.2, 0) is 9.53 Å². The van der Waals surface area contributed by atoms with Crippen LogP contribution in [0.4, 0.5) is 0 Å². The number of carbonyl (C=O) groups is 1. The summed E-state index contributed by atoms with van der Waals surface area (Å²) in [7, 11) is 0. The molecule has 0 aromatic rings. The molecule has 2 N–H and O–H groups in total. The first-order valence-electron chi connectivity index (χ1n) is 2.56. The molecule has 0 aliphatic rings. The Morgan fingerprint density at radius 2 is 2.25 bits per heavy atom. The zero-order chi connectivity index (χ0) is 6.57. The van der Waals surface area contributed by atoms with Gasteiger partial charge in [0.05, 0.1) is 12.6 Å². The maximum absolute atomic E-state index is 10.3. The van der Waals surface area contributed by atoms with Crippen LogP contribution in [0.25, 0.3) is 0 Å². The topological polar surface area (TPSA) is 52.3 Å². The maximum Gasteiger partial charge on any atom is 0.319 e. The van der Waals surface area contributed by atoms with E-state index < -0.39 is 0 Å². The van der Waals surface area contributed by atoms with Gasteiger partial charge in [-0.05, 0) is 13.8 Å². The van der Waals surface area contributed by atoms with Gasteiger partial charge in [-0.3, -0.25) is 4.79 Å². The third kappa shape index (κ3) is 3.61. The molecule has 0 aliphatic carbocycles. The second-order valence-corrected chi connectivity index (χ2v) is 1.74. The lowest BCUT2D eigenvalue weighted by atomic mass is 10.5. The van der Waals surface area contributed by atoms with Gasteiger partial charge in [-0.15, -0.1) is 0 Å². The van der Waals surface area contributed by atoms with Crippen LogP contribution in [0.15, 0.2) is 0 Å². The second kappa shape index (κ2) is 3.43. The van der Waals surface area contributed by atoms with Crippen molar-refractivity contribution in [1.29, 1.82) is 0 Å². The summed E-state index contributed by atoms with van der Waals surface area (Å²) in [5.74, 6) is -0.347. The van der Waals surface area contributed by atoms with Gasteiger partial charge < -0.3 is 10.5 Å². The van der Waals surface area contributed by atoms with Gasteiger partial charge in [-0.1, -0.05) is 0 Å². The van der Waals surface area contributed by atoms with Crippen molar-refractivity contribution in [1.82, 2.24) is 0 Å². The van der Waals surface area contributed by atoms with E-state index in [9.17, 15) is 4.79 Å². The molecule has 0 aromatic carbocycles. The molecule has 0 rings (SSSR count). The first-order valence-corrected chi connectivity index (χ1v) is 2.56.